The summed E-state index contributed by atoms with van der Waals surface area (Å²) in [5.41, 5.74) is 6.36. The Balaban J connectivity index is 2.29. The van der Waals surface area contributed by atoms with E-state index in [1.165, 1.54) is 18.2 Å². The van der Waals surface area contributed by atoms with Crippen LogP contribution in [0.25, 0.3) is 0 Å². The van der Waals surface area contributed by atoms with Crippen LogP contribution in [-0.4, -0.2) is 30.3 Å². The molecule has 2 rings (SSSR count). The summed E-state index contributed by atoms with van der Waals surface area (Å²) in [7, 11) is 1.91. The van der Waals surface area contributed by atoms with Crippen molar-refractivity contribution in [1.82, 2.24) is 4.90 Å². The van der Waals surface area contributed by atoms with Gasteiger partial charge in [-0.3, -0.25) is 9.69 Å². The van der Waals surface area contributed by atoms with Crippen molar-refractivity contribution >= 4 is 11.5 Å². The Hall–Kier alpha value is -1.42. The van der Waals surface area contributed by atoms with E-state index in [9.17, 15) is 9.18 Å². The van der Waals surface area contributed by atoms with E-state index in [-0.39, 0.29) is 11.8 Å². The molecule has 1 aromatic carbocycles. The number of hydrogen-bond donors (Lipinski definition) is 1. The topological polar surface area (TPSA) is 46.3 Å². The van der Waals surface area contributed by atoms with Gasteiger partial charge in [0, 0.05) is 11.3 Å². The summed E-state index contributed by atoms with van der Waals surface area (Å²) in [5.74, 6) is -0.491. The van der Waals surface area contributed by atoms with Crippen LogP contribution in [0.5, 0.6) is 0 Å². The van der Waals surface area contributed by atoms with Gasteiger partial charge in [-0.15, -0.1) is 0 Å². The van der Waals surface area contributed by atoms with E-state index in [1.807, 2.05) is 11.9 Å². The van der Waals surface area contributed by atoms with Crippen LogP contribution >= 0.6 is 0 Å². The lowest BCUT2D eigenvalue weighted by atomic mass is 10.0. The first kappa shape index (κ1) is 11.1. The van der Waals surface area contributed by atoms with Gasteiger partial charge in [-0.1, -0.05) is 0 Å². The van der Waals surface area contributed by atoms with Gasteiger partial charge in [-0.25, -0.2) is 4.39 Å². The number of benzene rings is 1. The number of nitrogens with zero attached hydrogens (tertiary/aromatic N) is 1. The average molecular weight is 222 g/mol. The van der Waals surface area contributed by atoms with E-state index in [1.54, 1.807) is 0 Å². The Morgan fingerprint density at radius 3 is 2.94 bits per heavy atom. The number of nitrogen functional groups attached to an aromatic ring is 1. The molecule has 1 fully saturated rings. The lowest BCUT2D eigenvalue weighted by Crippen LogP contribution is -2.33. The molecular weight excluding hydrogens is 207 g/mol. The van der Waals surface area contributed by atoms with Crippen LogP contribution in [0.2, 0.25) is 0 Å². The number of rotatable bonds is 2. The summed E-state index contributed by atoms with van der Waals surface area (Å²) in [6.45, 7) is 0.908. The normalized spacial score (nSPS) is 21.2. The van der Waals surface area contributed by atoms with Gasteiger partial charge < -0.3 is 5.73 Å². The highest BCUT2D eigenvalue weighted by molar-refractivity contribution is 6.04. The van der Waals surface area contributed by atoms with Gasteiger partial charge >= 0.3 is 0 Å². The van der Waals surface area contributed by atoms with Crippen LogP contribution in [-0.2, 0) is 0 Å². The third-order valence-corrected chi connectivity index (χ3v) is 3.10. The van der Waals surface area contributed by atoms with E-state index < -0.39 is 5.82 Å². The fourth-order valence-corrected chi connectivity index (χ4v) is 2.16. The fourth-order valence-electron chi connectivity index (χ4n) is 2.16. The number of carbonyl (C=O) groups excluding carboxylic acids is 1. The van der Waals surface area contributed by atoms with Crippen LogP contribution in [0.15, 0.2) is 18.2 Å². The molecule has 0 radical (unpaired) electrons. The first-order valence-corrected chi connectivity index (χ1v) is 5.39. The van der Waals surface area contributed by atoms with Gasteiger partial charge in [0.25, 0.3) is 0 Å². The first-order valence-electron chi connectivity index (χ1n) is 5.39. The number of likely N-dealkylation sites (tertiary alicyclic amines) is 1. The minimum Gasteiger partial charge on any atom is -0.398 e. The van der Waals surface area contributed by atoms with Crippen molar-refractivity contribution < 1.29 is 9.18 Å². The summed E-state index contributed by atoms with van der Waals surface area (Å²) >= 11 is 0. The third kappa shape index (κ3) is 1.93. The summed E-state index contributed by atoms with van der Waals surface area (Å²) in [6, 6.07) is 3.79. The molecular formula is C12H15FN2O. The Bertz CT molecular complexity index is 419. The molecule has 0 bridgehead atoms. The molecule has 0 spiro atoms. The van der Waals surface area contributed by atoms with Crippen molar-refractivity contribution in [1.29, 1.82) is 0 Å². The second kappa shape index (κ2) is 4.22. The number of carbonyl (C=O) groups is 1. The largest absolute Gasteiger partial charge is 0.398 e. The second-order valence-corrected chi connectivity index (χ2v) is 4.23. The van der Waals surface area contributed by atoms with Crippen LogP contribution < -0.4 is 5.73 Å². The van der Waals surface area contributed by atoms with Crippen molar-refractivity contribution in [2.24, 2.45) is 0 Å². The zero-order valence-electron chi connectivity index (χ0n) is 9.24. The van der Waals surface area contributed by atoms with Gasteiger partial charge in [0.1, 0.15) is 5.82 Å². The van der Waals surface area contributed by atoms with Crippen LogP contribution in [0, 0.1) is 5.82 Å². The predicted octanol–water partition coefficient (Wildman–Crippen LogP) is 1.68. The zero-order valence-corrected chi connectivity index (χ0v) is 9.24. The van der Waals surface area contributed by atoms with Crippen molar-refractivity contribution in [2.75, 3.05) is 19.3 Å². The van der Waals surface area contributed by atoms with Gasteiger partial charge in [-0.05, 0) is 44.6 Å². The number of hydrogen-bond acceptors (Lipinski definition) is 3. The predicted molar refractivity (Wildman–Crippen MR) is 60.8 cm³/mol. The number of nitrogens with two attached hydrogens (primary N) is 1. The summed E-state index contributed by atoms with van der Waals surface area (Å²) in [4.78, 5) is 14.1. The maximum absolute atomic E-state index is 13.1. The fraction of sp³-hybridized carbons (Fsp3) is 0.417. The summed E-state index contributed by atoms with van der Waals surface area (Å²) < 4.78 is 13.1. The molecule has 0 aliphatic carbocycles. The summed E-state index contributed by atoms with van der Waals surface area (Å²) in [5, 5.41) is 0. The van der Waals surface area contributed by atoms with Gasteiger partial charge in [-0.2, -0.15) is 0 Å². The molecule has 86 valence electrons. The van der Waals surface area contributed by atoms with Gasteiger partial charge in [0.15, 0.2) is 5.78 Å². The molecule has 0 aromatic heterocycles. The number of Topliss-reactive ketones (excluding diaryl/α,β-unsaturated/α-hetero) is 1. The van der Waals surface area contributed by atoms with E-state index in [0.29, 0.717) is 11.3 Å². The zero-order chi connectivity index (χ0) is 11.7. The molecule has 4 heteroatoms. The third-order valence-electron chi connectivity index (χ3n) is 3.10. The number of halogens is 1. The number of likely N-dealkylation sites (N-methyl/N-ethyl adjacent to an activating group) is 1. The molecule has 2 N–H and O–H groups in total. The number of anilines is 1. The number of ketones is 1. The minimum absolute atomic E-state index is 0.0722. The highest BCUT2D eigenvalue weighted by Gasteiger charge is 2.29. The van der Waals surface area contributed by atoms with Crippen LogP contribution in [0.1, 0.15) is 23.2 Å². The highest BCUT2D eigenvalue weighted by atomic mass is 19.1. The Kier molecular flexibility index (Phi) is 2.92. The van der Waals surface area contributed by atoms with Gasteiger partial charge in [0.2, 0.25) is 0 Å². The van der Waals surface area contributed by atoms with Crippen molar-refractivity contribution in [3.8, 4) is 0 Å². The molecule has 3 nitrogen and oxygen atoms in total. The molecule has 1 aliphatic heterocycles. The smallest absolute Gasteiger partial charge is 0.182 e. The van der Waals surface area contributed by atoms with Crippen LogP contribution in [0.3, 0.4) is 0 Å². The molecule has 1 heterocycles. The molecule has 1 unspecified atom stereocenters. The van der Waals surface area contributed by atoms with Crippen LogP contribution in [0.4, 0.5) is 10.1 Å². The molecule has 1 aromatic rings. The average Bonchev–Trinajstić information content (AvgIpc) is 2.67. The standard InChI is InChI=1S/C12H15FN2O/c1-15-6-2-3-11(15)12(16)9-7-8(13)4-5-10(9)14/h4-5,7,11H,2-3,6,14H2,1H3. The van der Waals surface area contributed by atoms with E-state index >= 15 is 0 Å². The molecule has 1 atom stereocenters. The Morgan fingerprint density at radius 1 is 1.56 bits per heavy atom. The second-order valence-electron chi connectivity index (χ2n) is 4.23. The molecule has 0 amide bonds. The maximum atomic E-state index is 13.1. The first-order chi connectivity index (χ1) is 7.59. The Labute approximate surface area is 94.0 Å². The van der Waals surface area contributed by atoms with Crippen molar-refractivity contribution in [2.45, 2.75) is 18.9 Å². The molecule has 16 heavy (non-hydrogen) atoms. The van der Waals surface area contributed by atoms with E-state index in [2.05, 4.69) is 0 Å². The Morgan fingerprint density at radius 2 is 2.31 bits per heavy atom. The molecule has 1 saturated heterocycles. The quantitative estimate of drug-likeness (QED) is 0.611. The minimum atomic E-state index is -0.418. The maximum Gasteiger partial charge on any atom is 0.182 e. The lowest BCUT2D eigenvalue weighted by Gasteiger charge is -2.18. The SMILES string of the molecule is CN1CCCC1C(=O)c1cc(F)ccc1N. The molecule has 0 saturated carbocycles. The van der Waals surface area contributed by atoms with E-state index in [0.717, 1.165) is 19.4 Å². The van der Waals surface area contributed by atoms with Gasteiger partial charge in [0.05, 0.1) is 6.04 Å². The highest BCUT2D eigenvalue weighted by Crippen LogP contribution is 2.22. The lowest BCUT2D eigenvalue weighted by molar-refractivity contribution is 0.0891. The van der Waals surface area contributed by atoms with Crippen molar-refractivity contribution in [3.63, 3.8) is 0 Å². The van der Waals surface area contributed by atoms with Crippen molar-refractivity contribution in [3.05, 3.63) is 29.6 Å². The molecule has 1 aliphatic rings. The van der Waals surface area contributed by atoms with E-state index in [4.69, 9.17) is 5.73 Å². The monoisotopic (exact) mass is 222 g/mol. The summed E-state index contributed by atoms with van der Waals surface area (Å²) in [6.07, 6.45) is 1.83.